The number of sulfone groups is 1. The van der Waals surface area contributed by atoms with Gasteiger partial charge in [-0.15, -0.1) is 5.10 Å². The second-order valence-electron chi connectivity index (χ2n) is 13.2. The fourth-order valence-electron chi connectivity index (χ4n) is 7.06. The highest BCUT2D eigenvalue weighted by molar-refractivity contribution is 7.92. The van der Waals surface area contributed by atoms with E-state index in [9.17, 15) is 27.9 Å². The Bertz CT molecular complexity index is 1460. The van der Waals surface area contributed by atoms with Crippen LogP contribution in [0.3, 0.4) is 0 Å². The number of nitrogens with one attached hydrogen (secondary N) is 1. The minimum Gasteiger partial charge on any atom is -0.384 e. The molecule has 3 aliphatic rings. The molecule has 1 aliphatic heterocycles. The zero-order chi connectivity index (χ0) is 31.6. The summed E-state index contributed by atoms with van der Waals surface area (Å²) in [5.74, 6) is -1.32. The monoisotopic (exact) mass is 628 g/mol. The van der Waals surface area contributed by atoms with Gasteiger partial charge in [0, 0.05) is 18.5 Å². The predicted octanol–water partition coefficient (Wildman–Crippen LogP) is 2.62. The van der Waals surface area contributed by atoms with Crippen LogP contribution in [0.1, 0.15) is 107 Å². The molecule has 44 heavy (non-hydrogen) atoms. The summed E-state index contributed by atoms with van der Waals surface area (Å²) in [5, 5.41) is 21.2. The molecule has 0 bridgehead atoms. The highest BCUT2D eigenvalue weighted by atomic mass is 32.2. The van der Waals surface area contributed by atoms with Gasteiger partial charge in [-0.1, -0.05) is 50.2 Å². The highest BCUT2D eigenvalue weighted by Gasteiger charge is 2.44. The van der Waals surface area contributed by atoms with Crippen LogP contribution >= 0.6 is 0 Å². The van der Waals surface area contributed by atoms with E-state index in [4.69, 9.17) is 5.73 Å². The SMILES string of the molecule is CC(C)(O)c1cnnn1C1CC(C(N)=O)N(C(=O)[C@@H](CC2CCCCC2)NC(=O)c2ccc(S(=O)(=O)C3CCCC3)cc2)C1. The molecule has 3 fully saturated rings. The summed E-state index contributed by atoms with van der Waals surface area (Å²) < 4.78 is 27.6. The summed E-state index contributed by atoms with van der Waals surface area (Å²) >= 11 is 0. The minimum atomic E-state index is -3.46. The maximum Gasteiger partial charge on any atom is 0.251 e. The second-order valence-corrected chi connectivity index (χ2v) is 15.4. The summed E-state index contributed by atoms with van der Waals surface area (Å²) in [4.78, 5) is 41.8. The molecule has 3 amide bonds. The van der Waals surface area contributed by atoms with Gasteiger partial charge in [0.05, 0.1) is 28.1 Å². The summed E-state index contributed by atoms with van der Waals surface area (Å²) in [7, 11) is -3.46. The number of aliphatic hydroxyl groups is 1. The molecule has 5 rings (SSSR count). The van der Waals surface area contributed by atoms with E-state index in [2.05, 4.69) is 15.6 Å². The van der Waals surface area contributed by atoms with E-state index in [0.29, 0.717) is 25.0 Å². The molecular weight excluding hydrogens is 584 g/mol. The fraction of sp³-hybridized carbons (Fsp3) is 0.645. The number of carbonyl (C=O) groups is 3. The Balaban J connectivity index is 1.36. The molecule has 0 radical (unpaired) electrons. The van der Waals surface area contributed by atoms with Crippen molar-refractivity contribution in [3.63, 3.8) is 0 Å². The van der Waals surface area contributed by atoms with Crippen LogP contribution in [-0.2, 0) is 25.0 Å². The van der Waals surface area contributed by atoms with Crippen molar-refractivity contribution in [1.82, 2.24) is 25.2 Å². The molecule has 1 aromatic heterocycles. The van der Waals surface area contributed by atoms with Crippen molar-refractivity contribution in [3.05, 3.63) is 41.7 Å². The number of nitrogens with two attached hydrogens (primary N) is 1. The van der Waals surface area contributed by atoms with E-state index >= 15 is 0 Å². The van der Waals surface area contributed by atoms with Gasteiger partial charge in [-0.2, -0.15) is 0 Å². The van der Waals surface area contributed by atoms with Gasteiger partial charge in [0.2, 0.25) is 11.8 Å². The van der Waals surface area contributed by atoms with Crippen LogP contribution in [0, 0.1) is 5.92 Å². The van der Waals surface area contributed by atoms with E-state index in [0.717, 1.165) is 44.9 Å². The normalized spacial score (nSPS) is 22.7. The van der Waals surface area contributed by atoms with Gasteiger partial charge in [0.1, 0.15) is 17.7 Å². The fourth-order valence-corrected chi connectivity index (χ4v) is 8.92. The molecule has 4 N–H and O–H groups in total. The largest absolute Gasteiger partial charge is 0.384 e. The standard InChI is InChI=1S/C31H44N6O6S/c1-31(2,41)27-18-33-35-37(27)22-17-26(28(32)38)36(19-22)30(40)25(16-20-8-4-3-5-9-20)34-29(39)21-12-14-24(15-13-21)44(42,43)23-10-6-7-11-23/h12-15,18,20,22-23,25-26,41H,3-11,16-17,19H2,1-2H3,(H2,32,38)(H,34,39)/t22?,25-,26?/m1/s1. The number of likely N-dealkylation sites (tertiary alicyclic amines) is 1. The lowest BCUT2D eigenvalue weighted by atomic mass is 9.84. The third kappa shape index (κ3) is 6.83. The molecule has 2 saturated carbocycles. The van der Waals surface area contributed by atoms with Gasteiger partial charge in [-0.3, -0.25) is 14.4 Å². The second kappa shape index (κ2) is 13.0. The molecule has 2 unspecified atom stereocenters. The zero-order valence-electron chi connectivity index (χ0n) is 25.5. The number of rotatable bonds is 10. The van der Waals surface area contributed by atoms with Crippen LogP contribution in [0.15, 0.2) is 35.4 Å². The summed E-state index contributed by atoms with van der Waals surface area (Å²) in [6.45, 7) is 3.33. The van der Waals surface area contributed by atoms with Crippen LogP contribution < -0.4 is 11.1 Å². The van der Waals surface area contributed by atoms with Crippen LogP contribution in [0.4, 0.5) is 0 Å². The van der Waals surface area contributed by atoms with Crippen LogP contribution in [0.2, 0.25) is 0 Å². The Morgan fingerprint density at radius 2 is 1.68 bits per heavy atom. The van der Waals surface area contributed by atoms with E-state index in [1.54, 1.807) is 18.5 Å². The van der Waals surface area contributed by atoms with Crippen molar-refractivity contribution in [3.8, 4) is 0 Å². The van der Waals surface area contributed by atoms with Crippen molar-refractivity contribution < 1.29 is 27.9 Å². The lowest BCUT2D eigenvalue weighted by Gasteiger charge is -2.31. The van der Waals surface area contributed by atoms with Crippen molar-refractivity contribution >= 4 is 27.6 Å². The molecule has 1 saturated heterocycles. The van der Waals surface area contributed by atoms with Crippen molar-refractivity contribution in [1.29, 1.82) is 0 Å². The molecule has 0 spiro atoms. The van der Waals surface area contributed by atoms with E-state index in [1.165, 1.54) is 35.4 Å². The zero-order valence-corrected chi connectivity index (χ0v) is 26.3. The average molecular weight is 629 g/mol. The predicted molar refractivity (Wildman–Crippen MR) is 162 cm³/mol. The Kier molecular flexibility index (Phi) is 9.45. The number of aromatic nitrogens is 3. The number of amides is 3. The summed E-state index contributed by atoms with van der Waals surface area (Å²) in [6.07, 6.45) is 10.3. The molecule has 13 heteroatoms. The number of primary amides is 1. The number of hydrogen-bond donors (Lipinski definition) is 3. The molecule has 1 aromatic carbocycles. The van der Waals surface area contributed by atoms with Crippen molar-refractivity contribution in [2.45, 2.75) is 118 Å². The molecule has 240 valence electrons. The maximum atomic E-state index is 14.2. The first-order valence-electron chi connectivity index (χ1n) is 15.7. The summed E-state index contributed by atoms with van der Waals surface area (Å²) in [6, 6.07) is 3.64. The van der Waals surface area contributed by atoms with Gasteiger partial charge in [-0.05, 0) is 63.3 Å². The summed E-state index contributed by atoms with van der Waals surface area (Å²) in [5.41, 5.74) is 5.23. The van der Waals surface area contributed by atoms with Crippen LogP contribution in [-0.4, -0.2) is 75.0 Å². The molecule has 2 aromatic rings. The number of carbonyl (C=O) groups excluding carboxylic acids is 3. The minimum absolute atomic E-state index is 0.115. The Labute approximate surface area is 258 Å². The third-order valence-electron chi connectivity index (χ3n) is 9.52. The molecule has 2 aliphatic carbocycles. The van der Waals surface area contributed by atoms with Gasteiger partial charge in [-0.25, -0.2) is 13.1 Å². The lowest BCUT2D eigenvalue weighted by Crippen LogP contribution is -2.53. The number of hydrogen-bond acceptors (Lipinski definition) is 8. The van der Waals surface area contributed by atoms with Crippen LogP contribution in [0.5, 0.6) is 0 Å². The topological polar surface area (TPSA) is 178 Å². The Morgan fingerprint density at radius 1 is 1.05 bits per heavy atom. The molecule has 12 nitrogen and oxygen atoms in total. The number of benzene rings is 1. The van der Waals surface area contributed by atoms with Gasteiger partial charge in [0.25, 0.3) is 5.91 Å². The molecule has 3 atom stereocenters. The van der Waals surface area contributed by atoms with Crippen molar-refractivity contribution in [2.24, 2.45) is 11.7 Å². The lowest BCUT2D eigenvalue weighted by molar-refractivity contribution is -0.139. The maximum absolute atomic E-state index is 14.2. The Morgan fingerprint density at radius 3 is 2.30 bits per heavy atom. The van der Waals surface area contributed by atoms with Gasteiger partial charge >= 0.3 is 0 Å². The molecule has 2 heterocycles. The third-order valence-corrected chi connectivity index (χ3v) is 11.8. The smallest absolute Gasteiger partial charge is 0.251 e. The Hall–Kier alpha value is -3.32. The first kappa shape index (κ1) is 32.1. The van der Waals surface area contributed by atoms with E-state index in [-0.39, 0.29) is 34.6 Å². The number of nitrogens with zero attached hydrogens (tertiary/aromatic N) is 4. The average Bonchev–Trinajstić information content (AvgIpc) is 3.77. The first-order chi connectivity index (χ1) is 20.9. The van der Waals surface area contributed by atoms with E-state index in [1.807, 2.05) is 0 Å². The molecular formula is C31H44N6O6S. The van der Waals surface area contributed by atoms with Gasteiger partial charge < -0.3 is 21.1 Å². The highest BCUT2D eigenvalue weighted by Crippen LogP contribution is 2.34. The van der Waals surface area contributed by atoms with E-state index < -0.39 is 51.3 Å². The van der Waals surface area contributed by atoms with Gasteiger partial charge in [0.15, 0.2) is 9.84 Å². The van der Waals surface area contributed by atoms with Crippen LogP contribution in [0.25, 0.3) is 0 Å². The first-order valence-corrected chi connectivity index (χ1v) is 17.3. The van der Waals surface area contributed by atoms with Crippen molar-refractivity contribution in [2.75, 3.05) is 6.54 Å². The quantitative estimate of drug-likeness (QED) is 0.359.